The molecule has 1 amide bonds. The van der Waals surface area contributed by atoms with Crippen molar-refractivity contribution in [2.75, 3.05) is 16.9 Å². The Labute approximate surface area is 182 Å². The standard InChI is InChI=1S/C18H14BrFN8OS/c19-11-3-6-15(22-8-11)23-16(29)9-30-18-27-26-17(28(18)21)14-7-13(24-25-14)10-1-4-12(20)5-2-10/h1-8H,9,21H2,(H,24,25)(H,22,23,29). The summed E-state index contributed by atoms with van der Waals surface area (Å²) in [7, 11) is 0. The van der Waals surface area contributed by atoms with Gasteiger partial charge in [-0.3, -0.25) is 9.89 Å². The molecular weight excluding hydrogens is 475 g/mol. The molecule has 0 saturated heterocycles. The Morgan fingerprint density at radius 3 is 2.77 bits per heavy atom. The smallest absolute Gasteiger partial charge is 0.236 e. The van der Waals surface area contributed by atoms with E-state index in [-0.39, 0.29) is 17.5 Å². The van der Waals surface area contributed by atoms with E-state index >= 15 is 0 Å². The molecule has 12 heteroatoms. The number of nitrogens with zero attached hydrogens (tertiary/aromatic N) is 5. The van der Waals surface area contributed by atoms with E-state index in [1.165, 1.54) is 16.8 Å². The first kappa shape index (κ1) is 20.0. The lowest BCUT2D eigenvalue weighted by Crippen LogP contribution is -2.17. The molecule has 1 aromatic carbocycles. The zero-order chi connectivity index (χ0) is 21.1. The summed E-state index contributed by atoms with van der Waals surface area (Å²) in [5.74, 6) is 6.39. The van der Waals surface area contributed by atoms with E-state index in [1.807, 2.05) is 0 Å². The Morgan fingerprint density at radius 2 is 2.03 bits per heavy atom. The van der Waals surface area contributed by atoms with Crippen molar-refractivity contribution in [2.45, 2.75) is 5.16 Å². The van der Waals surface area contributed by atoms with Gasteiger partial charge in [0.2, 0.25) is 16.9 Å². The van der Waals surface area contributed by atoms with Crippen molar-refractivity contribution in [3.05, 3.63) is 59.0 Å². The number of anilines is 1. The molecule has 0 atom stereocenters. The van der Waals surface area contributed by atoms with Gasteiger partial charge in [0.25, 0.3) is 0 Å². The van der Waals surface area contributed by atoms with Crippen molar-refractivity contribution < 1.29 is 9.18 Å². The minimum Gasteiger partial charge on any atom is -0.335 e. The van der Waals surface area contributed by atoms with Crippen LogP contribution in [0.5, 0.6) is 0 Å². The summed E-state index contributed by atoms with van der Waals surface area (Å²) in [4.78, 5) is 16.2. The third-order valence-corrected chi connectivity index (χ3v) is 5.36. The number of aromatic nitrogens is 6. The summed E-state index contributed by atoms with van der Waals surface area (Å²) in [6, 6.07) is 11.2. The summed E-state index contributed by atoms with van der Waals surface area (Å²) < 4.78 is 15.2. The zero-order valence-electron chi connectivity index (χ0n) is 15.2. The van der Waals surface area contributed by atoms with Crippen molar-refractivity contribution in [3.8, 4) is 22.8 Å². The number of nitrogens with one attached hydrogen (secondary N) is 2. The maximum absolute atomic E-state index is 13.1. The van der Waals surface area contributed by atoms with Gasteiger partial charge in [-0.15, -0.1) is 10.2 Å². The molecular formula is C18H14BrFN8OS. The predicted molar refractivity (Wildman–Crippen MR) is 114 cm³/mol. The van der Waals surface area contributed by atoms with Crippen LogP contribution < -0.4 is 11.2 Å². The first-order valence-electron chi connectivity index (χ1n) is 8.56. The van der Waals surface area contributed by atoms with Crippen LogP contribution in [0.4, 0.5) is 10.2 Å². The summed E-state index contributed by atoms with van der Waals surface area (Å²) in [6.07, 6.45) is 1.59. The SMILES string of the molecule is Nn1c(SCC(=O)Nc2ccc(Br)cn2)nnc1-c1cc(-c2ccc(F)cc2)n[nH]1. The van der Waals surface area contributed by atoms with Crippen LogP contribution in [0.15, 0.2) is 58.3 Å². The lowest BCUT2D eigenvalue weighted by molar-refractivity contribution is -0.113. The summed E-state index contributed by atoms with van der Waals surface area (Å²) in [5, 5.41) is 18.2. The molecule has 0 aliphatic rings. The molecule has 0 aliphatic heterocycles. The largest absolute Gasteiger partial charge is 0.335 e. The number of halogens is 2. The van der Waals surface area contributed by atoms with Crippen LogP contribution >= 0.6 is 27.7 Å². The van der Waals surface area contributed by atoms with Crippen LogP contribution in [0.3, 0.4) is 0 Å². The molecule has 0 unspecified atom stereocenters. The van der Waals surface area contributed by atoms with Crippen molar-refractivity contribution in [1.29, 1.82) is 0 Å². The highest BCUT2D eigenvalue weighted by Crippen LogP contribution is 2.25. The molecule has 9 nitrogen and oxygen atoms in total. The third kappa shape index (κ3) is 4.49. The quantitative estimate of drug-likeness (QED) is 0.281. The van der Waals surface area contributed by atoms with Crippen LogP contribution in [0, 0.1) is 5.82 Å². The van der Waals surface area contributed by atoms with Gasteiger partial charge in [0.15, 0.2) is 0 Å². The number of rotatable bonds is 6. The molecule has 30 heavy (non-hydrogen) atoms. The van der Waals surface area contributed by atoms with E-state index in [1.54, 1.807) is 36.5 Å². The van der Waals surface area contributed by atoms with E-state index in [4.69, 9.17) is 5.84 Å². The van der Waals surface area contributed by atoms with Gasteiger partial charge in [-0.1, -0.05) is 11.8 Å². The van der Waals surface area contributed by atoms with Crippen LogP contribution in [0.1, 0.15) is 0 Å². The number of H-pyrrole nitrogens is 1. The fourth-order valence-electron chi connectivity index (χ4n) is 2.52. The molecule has 0 bridgehead atoms. The van der Waals surface area contributed by atoms with Crippen molar-refractivity contribution in [1.82, 2.24) is 30.1 Å². The van der Waals surface area contributed by atoms with Gasteiger partial charge in [-0.05, 0) is 58.4 Å². The van der Waals surface area contributed by atoms with Gasteiger partial charge < -0.3 is 11.2 Å². The Bertz CT molecular complexity index is 1180. The van der Waals surface area contributed by atoms with Crippen molar-refractivity contribution in [3.63, 3.8) is 0 Å². The van der Waals surface area contributed by atoms with E-state index in [0.717, 1.165) is 21.8 Å². The minimum absolute atomic E-state index is 0.0802. The molecule has 3 heterocycles. The number of amides is 1. The van der Waals surface area contributed by atoms with Gasteiger partial charge in [0, 0.05) is 16.2 Å². The minimum atomic E-state index is -0.321. The Hall–Kier alpha value is -3.25. The number of benzene rings is 1. The second-order valence-electron chi connectivity index (χ2n) is 6.05. The molecule has 0 spiro atoms. The van der Waals surface area contributed by atoms with Gasteiger partial charge in [0.1, 0.15) is 17.3 Å². The molecule has 4 aromatic rings. The maximum atomic E-state index is 13.1. The molecule has 0 saturated carbocycles. The molecule has 0 fully saturated rings. The Balaban J connectivity index is 1.42. The highest BCUT2D eigenvalue weighted by atomic mass is 79.9. The molecule has 0 aliphatic carbocycles. The number of hydrogen-bond donors (Lipinski definition) is 3. The van der Waals surface area contributed by atoms with Gasteiger partial charge in [0.05, 0.1) is 11.4 Å². The van der Waals surface area contributed by atoms with E-state index in [0.29, 0.717) is 28.2 Å². The number of carbonyl (C=O) groups is 1. The second kappa shape index (κ2) is 8.63. The molecule has 152 valence electrons. The van der Waals surface area contributed by atoms with Crippen LogP contribution in [0.25, 0.3) is 22.8 Å². The predicted octanol–water partition coefficient (Wildman–Crippen LogP) is 3.08. The average Bonchev–Trinajstić information content (AvgIpc) is 3.35. The molecule has 3 aromatic heterocycles. The van der Waals surface area contributed by atoms with Crippen molar-refractivity contribution in [2.24, 2.45) is 0 Å². The maximum Gasteiger partial charge on any atom is 0.236 e. The summed E-state index contributed by atoms with van der Waals surface area (Å²) in [6.45, 7) is 0. The lowest BCUT2D eigenvalue weighted by Gasteiger charge is -2.04. The number of pyridine rings is 1. The average molecular weight is 489 g/mol. The topological polar surface area (TPSA) is 127 Å². The summed E-state index contributed by atoms with van der Waals surface area (Å²) >= 11 is 4.42. The van der Waals surface area contributed by atoms with E-state index in [2.05, 4.69) is 46.6 Å². The summed E-state index contributed by atoms with van der Waals surface area (Å²) in [5.41, 5.74) is 1.90. The first-order valence-corrected chi connectivity index (χ1v) is 10.3. The van der Waals surface area contributed by atoms with Crippen molar-refractivity contribution >= 4 is 39.4 Å². The van der Waals surface area contributed by atoms with Crippen LogP contribution in [-0.2, 0) is 4.79 Å². The van der Waals surface area contributed by atoms with Gasteiger partial charge in [-0.2, -0.15) is 5.10 Å². The van der Waals surface area contributed by atoms with E-state index < -0.39 is 0 Å². The monoisotopic (exact) mass is 488 g/mol. The number of aromatic amines is 1. The second-order valence-corrected chi connectivity index (χ2v) is 7.91. The fraction of sp³-hybridized carbons (Fsp3) is 0.0556. The molecule has 0 radical (unpaired) electrons. The highest BCUT2D eigenvalue weighted by Gasteiger charge is 2.16. The Kier molecular flexibility index (Phi) is 5.77. The Morgan fingerprint density at radius 1 is 1.23 bits per heavy atom. The van der Waals surface area contributed by atoms with E-state index in [9.17, 15) is 9.18 Å². The first-order chi connectivity index (χ1) is 14.5. The number of nitrogen functional groups attached to an aromatic ring is 1. The number of hydrogen-bond acceptors (Lipinski definition) is 7. The molecule has 4 N–H and O–H groups in total. The number of thioether (sulfide) groups is 1. The van der Waals surface area contributed by atoms with Crippen LogP contribution in [-0.4, -0.2) is 41.7 Å². The number of carbonyl (C=O) groups excluding carboxylic acids is 1. The zero-order valence-corrected chi connectivity index (χ0v) is 17.6. The van der Waals surface area contributed by atoms with Crippen LogP contribution in [0.2, 0.25) is 0 Å². The lowest BCUT2D eigenvalue weighted by atomic mass is 10.1. The highest BCUT2D eigenvalue weighted by molar-refractivity contribution is 9.10. The molecule has 4 rings (SSSR count). The third-order valence-electron chi connectivity index (χ3n) is 3.95. The van der Waals surface area contributed by atoms with Gasteiger partial charge >= 0.3 is 0 Å². The van der Waals surface area contributed by atoms with Gasteiger partial charge in [-0.25, -0.2) is 14.1 Å². The normalized spacial score (nSPS) is 10.9. The number of nitrogens with two attached hydrogens (primary N) is 1. The fourth-order valence-corrected chi connectivity index (χ4v) is 3.41.